The van der Waals surface area contributed by atoms with Crippen molar-refractivity contribution < 1.29 is 4.74 Å². The van der Waals surface area contributed by atoms with E-state index in [2.05, 4.69) is 40.1 Å². The molecule has 1 aliphatic rings. The van der Waals surface area contributed by atoms with Crippen LogP contribution in [0.5, 0.6) is 5.75 Å². The molecule has 2 aromatic rings. The van der Waals surface area contributed by atoms with Crippen LogP contribution < -0.4 is 10.1 Å². The second-order valence-electron chi connectivity index (χ2n) is 4.59. The van der Waals surface area contributed by atoms with Crippen LogP contribution in [0.1, 0.15) is 13.3 Å². The summed E-state index contributed by atoms with van der Waals surface area (Å²) < 4.78 is 5.94. The Kier molecular flexibility index (Phi) is 3.30. The van der Waals surface area contributed by atoms with Crippen LogP contribution in [0.3, 0.4) is 0 Å². The summed E-state index contributed by atoms with van der Waals surface area (Å²) in [4.78, 5) is 4.26. The normalized spacial score (nSPS) is 20.2. The van der Waals surface area contributed by atoms with Crippen molar-refractivity contribution >= 4 is 11.3 Å². The van der Waals surface area contributed by atoms with E-state index >= 15 is 0 Å². The summed E-state index contributed by atoms with van der Waals surface area (Å²) in [6.07, 6.45) is 5.05. The van der Waals surface area contributed by atoms with E-state index in [1.807, 2.05) is 6.20 Å². The maximum absolute atomic E-state index is 5.94. The number of rotatable bonds is 4. The second-order valence-corrected chi connectivity index (χ2v) is 5.37. The van der Waals surface area contributed by atoms with Gasteiger partial charge in [-0.2, -0.15) is 11.3 Å². The van der Waals surface area contributed by atoms with Crippen molar-refractivity contribution in [2.45, 2.75) is 25.5 Å². The molecule has 3 heterocycles. The van der Waals surface area contributed by atoms with Gasteiger partial charge in [-0.05, 0) is 48.3 Å². The number of hydrogen-bond donors (Lipinski definition) is 1. The summed E-state index contributed by atoms with van der Waals surface area (Å²) in [5.74, 6) is 0.847. The fraction of sp³-hybridized carbons (Fsp3) is 0.357. The highest BCUT2D eigenvalue weighted by atomic mass is 32.1. The maximum atomic E-state index is 5.94. The van der Waals surface area contributed by atoms with E-state index in [9.17, 15) is 0 Å². The number of nitrogens with one attached hydrogen (secondary N) is 1. The highest BCUT2D eigenvalue weighted by Crippen LogP contribution is 2.25. The van der Waals surface area contributed by atoms with Gasteiger partial charge in [0.05, 0.1) is 6.20 Å². The quantitative estimate of drug-likeness (QED) is 0.917. The molecular formula is C14H16N2OS. The lowest BCUT2D eigenvalue weighted by Crippen LogP contribution is -2.51. The lowest BCUT2D eigenvalue weighted by atomic mass is 10.0. The lowest BCUT2D eigenvalue weighted by Gasteiger charge is -2.33. The molecule has 0 saturated carbocycles. The van der Waals surface area contributed by atoms with E-state index in [1.165, 1.54) is 12.0 Å². The lowest BCUT2D eigenvalue weighted by molar-refractivity contribution is 0.133. The first-order valence-corrected chi connectivity index (χ1v) is 7.15. The zero-order chi connectivity index (χ0) is 12.4. The summed E-state index contributed by atoms with van der Waals surface area (Å²) in [7, 11) is 0. The van der Waals surface area contributed by atoms with Gasteiger partial charge in [0.15, 0.2) is 0 Å². The van der Waals surface area contributed by atoms with Crippen LogP contribution in [0, 0.1) is 0 Å². The molecule has 0 amide bonds. The van der Waals surface area contributed by atoms with Crippen LogP contribution in [0.25, 0.3) is 11.1 Å². The third-order valence-corrected chi connectivity index (χ3v) is 4.00. The van der Waals surface area contributed by atoms with Crippen LogP contribution in [0.4, 0.5) is 0 Å². The smallest absolute Gasteiger partial charge is 0.138 e. The van der Waals surface area contributed by atoms with Gasteiger partial charge in [-0.3, -0.25) is 4.98 Å². The monoisotopic (exact) mass is 260 g/mol. The first-order chi connectivity index (χ1) is 8.83. The van der Waals surface area contributed by atoms with Crippen molar-refractivity contribution in [1.29, 1.82) is 0 Å². The van der Waals surface area contributed by atoms with Crippen molar-refractivity contribution in [3.8, 4) is 16.9 Å². The summed E-state index contributed by atoms with van der Waals surface area (Å²) >= 11 is 1.69. The minimum atomic E-state index is 0.193. The van der Waals surface area contributed by atoms with Crippen molar-refractivity contribution in [1.82, 2.24) is 10.3 Å². The summed E-state index contributed by atoms with van der Waals surface area (Å²) in [5, 5.41) is 7.56. The Morgan fingerprint density at radius 1 is 1.44 bits per heavy atom. The molecule has 0 aromatic carbocycles. The highest BCUT2D eigenvalue weighted by Gasteiger charge is 2.24. The van der Waals surface area contributed by atoms with Crippen LogP contribution in [0.2, 0.25) is 0 Å². The molecular weight excluding hydrogens is 244 g/mol. The van der Waals surface area contributed by atoms with E-state index in [4.69, 9.17) is 4.74 Å². The first kappa shape index (κ1) is 11.7. The molecule has 94 valence electrons. The molecule has 4 heteroatoms. The molecule has 0 aliphatic carbocycles. The minimum Gasteiger partial charge on any atom is -0.487 e. The van der Waals surface area contributed by atoms with Gasteiger partial charge in [0.2, 0.25) is 0 Å². The van der Waals surface area contributed by atoms with Crippen LogP contribution >= 0.6 is 11.3 Å². The third kappa shape index (κ3) is 2.40. The van der Waals surface area contributed by atoms with Crippen LogP contribution in [-0.4, -0.2) is 23.7 Å². The van der Waals surface area contributed by atoms with Crippen LogP contribution in [0.15, 0.2) is 35.3 Å². The molecule has 1 fully saturated rings. The molecule has 1 aliphatic heterocycles. The highest BCUT2D eigenvalue weighted by molar-refractivity contribution is 7.08. The third-order valence-electron chi connectivity index (χ3n) is 3.32. The van der Waals surface area contributed by atoms with Crippen molar-refractivity contribution in [2.75, 3.05) is 6.54 Å². The molecule has 18 heavy (non-hydrogen) atoms. The average Bonchev–Trinajstić information content (AvgIpc) is 2.80. The van der Waals surface area contributed by atoms with E-state index in [0.29, 0.717) is 6.04 Å². The maximum Gasteiger partial charge on any atom is 0.138 e. The number of aromatic nitrogens is 1. The number of hydrogen-bond acceptors (Lipinski definition) is 4. The fourth-order valence-corrected chi connectivity index (χ4v) is 2.74. The van der Waals surface area contributed by atoms with Gasteiger partial charge in [-0.25, -0.2) is 0 Å². The predicted molar refractivity (Wildman–Crippen MR) is 74.0 cm³/mol. The molecule has 3 nitrogen and oxygen atoms in total. The number of nitrogens with zero attached hydrogens (tertiary/aromatic N) is 1. The van der Waals surface area contributed by atoms with Gasteiger partial charge in [0.1, 0.15) is 11.9 Å². The van der Waals surface area contributed by atoms with Crippen LogP contribution in [-0.2, 0) is 0 Å². The molecule has 0 radical (unpaired) electrons. The minimum absolute atomic E-state index is 0.193. The van der Waals surface area contributed by atoms with Gasteiger partial charge >= 0.3 is 0 Å². The van der Waals surface area contributed by atoms with Crippen molar-refractivity contribution in [3.05, 3.63) is 35.3 Å². The zero-order valence-electron chi connectivity index (χ0n) is 10.3. The summed E-state index contributed by atoms with van der Waals surface area (Å²) in [5.41, 5.74) is 2.31. The molecule has 1 saturated heterocycles. The Bertz CT molecular complexity index is 508. The van der Waals surface area contributed by atoms with Gasteiger partial charge in [-0.15, -0.1) is 0 Å². The van der Waals surface area contributed by atoms with E-state index in [0.717, 1.165) is 17.9 Å². The Morgan fingerprint density at radius 2 is 2.33 bits per heavy atom. The fourth-order valence-electron chi connectivity index (χ4n) is 2.08. The number of thiophene rings is 1. The Hall–Kier alpha value is -1.39. The van der Waals surface area contributed by atoms with Gasteiger partial charge in [-0.1, -0.05) is 0 Å². The molecule has 2 atom stereocenters. The van der Waals surface area contributed by atoms with Gasteiger partial charge in [0, 0.05) is 17.8 Å². The SMILES string of the molecule is CC(Oc1cncc(-c2ccsc2)c1)[C@H]1CCN1. The average molecular weight is 260 g/mol. The number of ether oxygens (including phenoxy) is 1. The number of pyridine rings is 1. The summed E-state index contributed by atoms with van der Waals surface area (Å²) in [6.45, 7) is 3.21. The second kappa shape index (κ2) is 5.08. The Balaban J connectivity index is 1.74. The van der Waals surface area contributed by atoms with E-state index < -0.39 is 0 Å². The molecule has 3 rings (SSSR count). The predicted octanol–water partition coefficient (Wildman–Crippen LogP) is 2.94. The molecule has 1 N–H and O–H groups in total. The van der Waals surface area contributed by atoms with E-state index in [-0.39, 0.29) is 6.10 Å². The topological polar surface area (TPSA) is 34.1 Å². The molecule has 1 unspecified atom stereocenters. The first-order valence-electron chi connectivity index (χ1n) is 6.20. The Labute approximate surface area is 111 Å². The van der Waals surface area contributed by atoms with Crippen molar-refractivity contribution in [3.63, 3.8) is 0 Å². The zero-order valence-corrected chi connectivity index (χ0v) is 11.1. The van der Waals surface area contributed by atoms with Crippen molar-refractivity contribution in [2.24, 2.45) is 0 Å². The van der Waals surface area contributed by atoms with Gasteiger partial charge in [0.25, 0.3) is 0 Å². The molecule has 0 bridgehead atoms. The Morgan fingerprint density at radius 3 is 3.00 bits per heavy atom. The van der Waals surface area contributed by atoms with E-state index in [1.54, 1.807) is 17.5 Å². The largest absolute Gasteiger partial charge is 0.487 e. The molecule has 2 aromatic heterocycles. The molecule has 0 spiro atoms. The standard InChI is InChI=1S/C14H16N2OS/c1-10(14-2-4-16-14)17-13-6-12(7-15-8-13)11-3-5-18-9-11/h3,5-10,14,16H,2,4H2,1H3/t10?,14-/m1/s1. The summed E-state index contributed by atoms with van der Waals surface area (Å²) in [6, 6.07) is 4.64. The van der Waals surface area contributed by atoms with Gasteiger partial charge < -0.3 is 10.1 Å².